The van der Waals surface area contributed by atoms with E-state index in [0.717, 1.165) is 18.4 Å². The van der Waals surface area contributed by atoms with E-state index in [-0.39, 0.29) is 11.9 Å². The van der Waals surface area contributed by atoms with Crippen LogP contribution in [0.1, 0.15) is 31.9 Å². The minimum absolute atomic E-state index is 0.288. The van der Waals surface area contributed by atoms with Gasteiger partial charge in [-0.2, -0.15) is 5.10 Å². The largest absolute Gasteiger partial charge is 0.493 e. The molecule has 0 amide bonds. The fourth-order valence-electron chi connectivity index (χ4n) is 4.16. The fourth-order valence-corrected chi connectivity index (χ4v) is 4.83. The molecule has 1 fully saturated rings. The summed E-state index contributed by atoms with van der Waals surface area (Å²) in [4.78, 5) is 10.3. The molecule has 0 radical (unpaired) electrons. The van der Waals surface area contributed by atoms with Crippen molar-refractivity contribution in [2.45, 2.75) is 32.4 Å². The van der Waals surface area contributed by atoms with Gasteiger partial charge in [-0.1, -0.05) is 23.2 Å². The van der Waals surface area contributed by atoms with Gasteiger partial charge < -0.3 is 14.4 Å². The highest BCUT2D eigenvalue weighted by Gasteiger charge is 2.28. The van der Waals surface area contributed by atoms with E-state index in [0.29, 0.717) is 49.7 Å². The van der Waals surface area contributed by atoms with E-state index in [2.05, 4.69) is 27.1 Å². The molecule has 0 bridgehead atoms. The molecule has 2 atom stereocenters. The Balaban J connectivity index is 1.52. The minimum atomic E-state index is -0.485. The zero-order valence-corrected chi connectivity index (χ0v) is 20.3. The summed E-state index contributed by atoms with van der Waals surface area (Å²) in [6, 6.07) is 5.34. The number of H-pyrrole nitrogens is 1. The van der Waals surface area contributed by atoms with Gasteiger partial charge in [-0.15, -0.1) is 0 Å². The zero-order valence-electron chi connectivity index (χ0n) is 18.8. The molecule has 4 heterocycles. The van der Waals surface area contributed by atoms with Gasteiger partial charge in [0, 0.05) is 53.8 Å². The third kappa shape index (κ3) is 3.91. The van der Waals surface area contributed by atoms with Crippen LogP contribution >= 0.6 is 23.2 Å². The van der Waals surface area contributed by atoms with Gasteiger partial charge >= 0.3 is 0 Å². The maximum Gasteiger partial charge on any atom is 0.166 e. The third-order valence-corrected chi connectivity index (χ3v) is 6.74. The van der Waals surface area contributed by atoms with Crippen molar-refractivity contribution in [1.82, 2.24) is 20.2 Å². The predicted molar refractivity (Wildman–Crippen MR) is 131 cm³/mol. The molecule has 34 heavy (non-hydrogen) atoms. The first-order valence-electron chi connectivity index (χ1n) is 10.8. The van der Waals surface area contributed by atoms with Crippen LogP contribution in [-0.2, 0) is 0 Å². The summed E-state index contributed by atoms with van der Waals surface area (Å²) >= 11 is 12.6. The number of aromatic amines is 1. The van der Waals surface area contributed by atoms with Gasteiger partial charge in [-0.05, 0) is 32.4 Å². The normalized spacial score (nSPS) is 16.4. The van der Waals surface area contributed by atoms with Crippen molar-refractivity contribution in [3.8, 4) is 22.8 Å². The number of anilines is 1. The van der Waals surface area contributed by atoms with Gasteiger partial charge in [0.15, 0.2) is 23.1 Å². The molecule has 1 unspecified atom stereocenters. The molecule has 0 saturated carbocycles. The Kier molecular flexibility index (Phi) is 5.95. The van der Waals surface area contributed by atoms with Crippen LogP contribution in [0.2, 0.25) is 10.0 Å². The summed E-state index contributed by atoms with van der Waals surface area (Å²) in [7, 11) is 1.55. The second-order valence-electron chi connectivity index (χ2n) is 8.26. The lowest BCUT2D eigenvalue weighted by Crippen LogP contribution is -2.46. The van der Waals surface area contributed by atoms with Crippen LogP contribution in [0.15, 0.2) is 36.8 Å². The van der Waals surface area contributed by atoms with E-state index in [9.17, 15) is 4.39 Å². The molecular weight excluding hydrogens is 480 g/mol. The molecule has 0 spiro atoms. The Hall–Kier alpha value is -3.10. The van der Waals surface area contributed by atoms with Crippen LogP contribution < -0.4 is 14.4 Å². The number of pyridine rings is 2. The number of halogens is 3. The van der Waals surface area contributed by atoms with Crippen LogP contribution in [0, 0.1) is 5.82 Å². The van der Waals surface area contributed by atoms with Gasteiger partial charge in [-0.25, -0.2) is 9.37 Å². The lowest BCUT2D eigenvalue weighted by atomic mass is 10.0. The van der Waals surface area contributed by atoms with Crippen LogP contribution in [0.5, 0.6) is 11.5 Å². The number of methoxy groups -OCH3 is 1. The van der Waals surface area contributed by atoms with Crippen molar-refractivity contribution >= 4 is 39.9 Å². The molecule has 1 N–H and O–H groups in total. The third-order valence-electron chi connectivity index (χ3n) is 6.13. The SMILES string of the molecule is COc1cc2[nH]nc(-c3cnc(N4CC[C@@H]4C)c(F)c3)c2cc1OC(C)c1c(Cl)cncc1Cl. The Bertz CT molecular complexity index is 1360. The summed E-state index contributed by atoms with van der Waals surface area (Å²) in [5.41, 5.74) is 2.46. The fraction of sp³-hybridized carbons (Fsp3) is 0.292. The van der Waals surface area contributed by atoms with Gasteiger partial charge in [0.05, 0.1) is 22.7 Å². The number of aromatic nitrogens is 4. The topological polar surface area (TPSA) is 76.2 Å². The Labute approximate surface area is 205 Å². The molecule has 1 aromatic carbocycles. The standard InChI is InChI=1S/C24H22Cl2FN5O2/c1-12-4-5-32(12)24-18(27)6-14(9-29-24)23-15-7-21(20(33-3)8-19(15)30-31-23)34-13(2)22-16(25)10-28-11-17(22)26/h6-13H,4-5H2,1-3H3,(H,30,31)/t12-,13?/m0/s1. The van der Waals surface area contributed by atoms with E-state index >= 15 is 0 Å². The van der Waals surface area contributed by atoms with Gasteiger partial charge in [0.2, 0.25) is 0 Å². The first kappa shape index (κ1) is 22.7. The van der Waals surface area contributed by atoms with Crippen molar-refractivity contribution in [3.63, 3.8) is 0 Å². The number of benzene rings is 1. The first-order valence-corrected chi connectivity index (χ1v) is 11.6. The van der Waals surface area contributed by atoms with Gasteiger partial charge in [0.1, 0.15) is 11.8 Å². The summed E-state index contributed by atoms with van der Waals surface area (Å²) in [5.74, 6) is 0.963. The Morgan fingerprint density at radius 2 is 1.91 bits per heavy atom. The summed E-state index contributed by atoms with van der Waals surface area (Å²) in [6.07, 6.45) is 5.23. The summed E-state index contributed by atoms with van der Waals surface area (Å²) in [5, 5.41) is 8.93. The number of hydrogen-bond donors (Lipinski definition) is 1. The smallest absolute Gasteiger partial charge is 0.166 e. The second kappa shape index (κ2) is 8.92. The average Bonchev–Trinajstić information content (AvgIpc) is 3.21. The Morgan fingerprint density at radius 1 is 1.15 bits per heavy atom. The van der Waals surface area contributed by atoms with Crippen LogP contribution in [0.3, 0.4) is 0 Å². The minimum Gasteiger partial charge on any atom is -0.493 e. The summed E-state index contributed by atoms with van der Waals surface area (Å²) in [6.45, 7) is 4.70. The first-order chi connectivity index (χ1) is 16.4. The van der Waals surface area contributed by atoms with Crippen LogP contribution in [0.4, 0.5) is 10.2 Å². The molecule has 7 nitrogen and oxygen atoms in total. The number of rotatable bonds is 6. The molecule has 1 aliphatic heterocycles. The summed E-state index contributed by atoms with van der Waals surface area (Å²) < 4.78 is 26.6. The van der Waals surface area contributed by atoms with Crippen molar-refractivity contribution in [3.05, 3.63) is 58.2 Å². The lowest BCUT2D eigenvalue weighted by Gasteiger charge is -2.39. The Morgan fingerprint density at radius 3 is 2.53 bits per heavy atom. The highest BCUT2D eigenvalue weighted by molar-refractivity contribution is 6.35. The van der Waals surface area contributed by atoms with Crippen LogP contribution in [-0.4, -0.2) is 39.9 Å². The molecule has 5 rings (SSSR count). The number of hydrogen-bond acceptors (Lipinski definition) is 6. The molecular formula is C24H22Cl2FN5O2. The monoisotopic (exact) mass is 501 g/mol. The van der Waals surface area contributed by atoms with Crippen molar-refractivity contribution < 1.29 is 13.9 Å². The average molecular weight is 502 g/mol. The van der Waals surface area contributed by atoms with E-state index in [1.807, 2.05) is 11.8 Å². The number of nitrogens with one attached hydrogen (secondary N) is 1. The maximum atomic E-state index is 14.9. The molecule has 1 saturated heterocycles. The van der Waals surface area contributed by atoms with E-state index in [1.165, 1.54) is 18.5 Å². The van der Waals surface area contributed by atoms with Crippen molar-refractivity contribution in [2.75, 3.05) is 18.6 Å². The molecule has 3 aromatic heterocycles. The molecule has 4 aromatic rings. The van der Waals surface area contributed by atoms with Gasteiger partial charge in [0.25, 0.3) is 0 Å². The highest BCUT2D eigenvalue weighted by atomic mass is 35.5. The second-order valence-corrected chi connectivity index (χ2v) is 9.07. The van der Waals surface area contributed by atoms with E-state index in [1.54, 1.807) is 25.4 Å². The van der Waals surface area contributed by atoms with Crippen molar-refractivity contribution in [1.29, 1.82) is 0 Å². The zero-order chi connectivity index (χ0) is 24.0. The predicted octanol–water partition coefficient (Wildman–Crippen LogP) is 6.21. The quantitative estimate of drug-likeness (QED) is 0.338. The molecule has 1 aliphatic rings. The molecule has 0 aliphatic carbocycles. The van der Waals surface area contributed by atoms with E-state index < -0.39 is 6.10 Å². The maximum absolute atomic E-state index is 14.9. The number of ether oxygens (including phenoxy) is 2. The van der Waals surface area contributed by atoms with Crippen LogP contribution in [0.25, 0.3) is 22.2 Å². The van der Waals surface area contributed by atoms with Crippen molar-refractivity contribution in [2.24, 2.45) is 0 Å². The lowest BCUT2D eigenvalue weighted by molar-refractivity contribution is 0.216. The van der Waals surface area contributed by atoms with Gasteiger partial charge in [-0.3, -0.25) is 10.1 Å². The highest BCUT2D eigenvalue weighted by Crippen LogP contribution is 2.40. The number of fused-ring (bicyclic) bond motifs is 1. The van der Waals surface area contributed by atoms with E-state index in [4.69, 9.17) is 32.7 Å². The molecule has 10 heteroatoms. The number of nitrogens with zero attached hydrogens (tertiary/aromatic N) is 4. The molecule has 176 valence electrons.